The Morgan fingerprint density at radius 2 is 0.970 bits per heavy atom. The molecule has 2 unspecified atom stereocenters. The molecule has 0 saturated carbocycles. The molecule has 3 heteroatoms. The number of hydrogen-bond acceptors (Lipinski definition) is 0. The minimum atomic E-state index is 0. The van der Waals surface area contributed by atoms with E-state index < -0.39 is 0 Å². The van der Waals surface area contributed by atoms with Crippen LogP contribution in [0.2, 0.25) is 0 Å². The van der Waals surface area contributed by atoms with Gasteiger partial charge in [-0.3, -0.25) is 12.2 Å². The van der Waals surface area contributed by atoms with Gasteiger partial charge >= 0.3 is 26.2 Å². The van der Waals surface area contributed by atoms with Crippen molar-refractivity contribution in [3.63, 3.8) is 0 Å². The fourth-order valence-electron chi connectivity index (χ4n) is 4.28. The molecule has 0 spiro atoms. The molecule has 4 rings (SSSR count). The Hall–Kier alpha value is -1.14. The molecule has 0 nitrogen and oxygen atoms in total. The third-order valence-electron chi connectivity index (χ3n) is 6.81. The Balaban J connectivity index is 0.000000569. The van der Waals surface area contributed by atoms with E-state index in [4.69, 9.17) is 0 Å². The maximum absolute atomic E-state index is 3.45. The second-order valence-corrected chi connectivity index (χ2v) is 8.50. The average Bonchev–Trinajstić information content (AvgIpc) is 3.55. The molecule has 174 valence electrons. The summed E-state index contributed by atoms with van der Waals surface area (Å²) in [5, 5.41) is 0. The van der Waals surface area contributed by atoms with Crippen molar-refractivity contribution < 1.29 is 26.2 Å². The van der Waals surface area contributed by atoms with Crippen LogP contribution in [0.25, 0.3) is 0 Å². The van der Waals surface area contributed by atoms with E-state index >= 15 is 0 Å². The monoisotopic (exact) mass is 556 g/mol. The van der Waals surface area contributed by atoms with Gasteiger partial charge < -0.3 is 0 Å². The molecule has 2 aliphatic carbocycles. The molecule has 0 fully saturated rings. The fraction of sp³-hybridized carbons (Fsp3) is 0.333. The summed E-state index contributed by atoms with van der Waals surface area (Å²) in [6.07, 6.45) is 19.9. The van der Waals surface area contributed by atoms with Crippen LogP contribution in [-0.2, 0) is 37.0 Å². The Morgan fingerprint density at radius 1 is 0.636 bits per heavy atom. The predicted molar refractivity (Wildman–Crippen MR) is 144 cm³/mol. The van der Waals surface area contributed by atoms with E-state index in [0.717, 1.165) is 25.7 Å². The van der Waals surface area contributed by atoms with Crippen LogP contribution in [0, 0.1) is 12.2 Å². The summed E-state index contributed by atoms with van der Waals surface area (Å²) < 4.78 is 0. The summed E-state index contributed by atoms with van der Waals surface area (Å²) >= 11 is 0. The molecule has 2 aromatic carbocycles. The zero-order valence-electron chi connectivity index (χ0n) is 20.2. The van der Waals surface area contributed by atoms with Crippen LogP contribution in [0.4, 0.5) is 0 Å². The quantitative estimate of drug-likeness (QED) is 0.311. The SMILES string of the molecule is CCC(C)(C1=[C-]CC=C1)c1ccccc1.CCC(C)(C1=[C-]CC=C1)c1ccccc1.Cl.Cl.[Zr+2]. The molecule has 0 aliphatic heterocycles. The number of benzene rings is 2. The van der Waals surface area contributed by atoms with Crippen molar-refractivity contribution in [2.75, 3.05) is 0 Å². The Bertz CT molecular complexity index is 864. The Morgan fingerprint density at radius 3 is 1.21 bits per heavy atom. The minimum absolute atomic E-state index is 0. The molecule has 0 N–H and O–H groups in total. The van der Waals surface area contributed by atoms with Gasteiger partial charge in [0.1, 0.15) is 0 Å². The third-order valence-corrected chi connectivity index (χ3v) is 6.81. The van der Waals surface area contributed by atoms with Crippen molar-refractivity contribution in [3.8, 4) is 0 Å². The van der Waals surface area contributed by atoms with Gasteiger partial charge in [-0.25, -0.2) is 23.3 Å². The molecule has 2 aromatic rings. The predicted octanol–water partition coefficient (Wildman–Crippen LogP) is 8.93. The molecular formula is C30H36Cl2Zr. The van der Waals surface area contributed by atoms with E-state index in [1.54, 1.807) is 0 Å². The first-order valence-corrected chi connectivity index (χ1v) is 11.2. The van der Waals surface area contributed by atoms with E-state index in [1.807, 2.05) is 0 Å². The Kier molecular flexibility index (Phi) is 14.5. The summed E-state index contributed by atoms with van der Waals surface area (Å²) in [5.41, 5.74) is 5.73. The topological polar surface area (TPSA) is 0 Å². The van der Waals surface area contributed by atoms with Gasteiger partial charge in [0.05, 0.1) is 0 Å². The summed E-state index contributed by atoms with van der Waals surface area (Å²) in [6, 6.07) is 21.4. The maximum atomic E-state index is 3.45. The van der Waals surface area contributed by atoms with Gasteiger partial charge in [-0.2, -0.15) is 12.2 Å². The zero-order chi connectivity index (χ0) is 21.5. The summed E-state index contributed by atoms with van der Waals surface area (Å²) in [7, 11) is 0. The molecule has 0 bridgehead atoms. The normalized spacial score (nSPS) is 17.0. The van der Waals surface area contributed by atoms with Gasteiger partial charge in [-0.1, -0.05) is 88.4 Å². The van der Waals surface area contributed by atoms with Crippen molar-refractivity contribution >= 4 is 24.8 Å². The molecule has 2 atom stereocenters. The third kappa shape index (κ3) is 7.42. The van der Waals surface area contributed by atoms with Crippen molar-refractivity contribution in [3.05, 3.63) is 119 Å². The number of hydrogen-bond donors (Lipinski definition) is 0. The van der Waals surface area contributed by atoms with Crippen LogP contribution in [-0.4, -0.2) is 0 Å². The van der Waals surface area contributed by atoms with Gasteiger partial charge in [-0.15, -0.1) is 37.7 Å². The number of allylic oxidation sites excluding steroid dienone is 8. The van der Waals surface area contributed by atoms with Crippen molar-refractivity contribution in [1.82, 2.24) is 0 Å². The van der Waals surface area contributed by atoms with Crippen molar-refractivity contribution in [1.29, 1.82) is 0 Å². The number of rotatable bonds is 6. The molecule has 0 aromatic heterocycles. The van der Waals surface area contributed by atoms with Crippen LogP contribution in [0.1, 0.15) is 64.5 Å². The first kappa shape index (κ1) is 31.9. The van der Waals surface area contributed by atoms with Gasteiger partial charge in [0.2, 0.25) is 0 Å². The average molecular weight is 559 g/mol. The summed E-state index contributed by atoms with van der Waals surface area (Å²) in [4.78, 5) is 0. The van der Waals surface area contributed by atoms with E-state index in [-0.39, 0.29) is 61.8 Å². The first-order chi connectivity index (χ1) is 14.5. The molecular weight excluding hydrogens is 522 g/mol. The molecule has 0 saturated heterocycles. The van der Waals surface area contributed by atoms with Gasteiger partial charge in [0.25, 0.3) is 0 Å². The number of halogens is 2. The molecule has 2 aliphatic rings. The first-order valence-electron chi connectivity index (χ1n) is 11.2. The van der Waals surface area contributed by atoms with Crippen LogP contribution >= 0.6 is 24.8 Å². The molecule has 33 heavy (non-hydrogen) atoms. The zero-order valence-corrected chi connectivity index (χ0v) is 24.3. The summed E-state index contributed by atoms with van der Waals surface area (Å²) in [6.45, 7) is 9.10. The summed E-state index contributed by atoms with van der Waals surface area (Å²) in [5.74, 6) is 0. The standard InChI is InChI=1S/2C15H17.2ClH.Zr/c2*1-3-15(2,14-11-7-8-12-14)13-9-5-4-6-10-13;;;/h2*4-7,9-11H,3,8H2,1-2H3;2*1H;/q2*-1;;;+2. The second-order valence-electron chi connectivity index (χ2n) is 8.50. The molecule has 0 amide bonds. The smallest absolute Gasteiger partial charge is 0.269 e. The second kappa shape index (κ2) is 15.0. The van der Waals surface area contributed by atoms with Crippen molar-refractivity contribution in [2.45, 2.75) is 64.2 Å². The van der Waals surface area contributed by atoms with Gasteiger partial charge in [-0.05, 0) is 34.8 Å². The molecule has 0 radical (unpaired) electrons. The van der Waals surface area contributed by atoms with E-state index in [2.05, 4.69) is 125 Å². The molecule has 0 heterocycles. The maximum Gasteiger partial charge on any atom is 2.00 e. The van der Waals surface area contributed by atoms with Crippen LogP contribution in [0.3, 0.4) is 0 Å². The van der Waals surface area contributed by atoms with E-state index in [1.165, 1.54) is 22.3 Å². The van der Waals surface area contributed by atoms with E-state index in [0.29, 0.717) is 0 Å². The minimum Gasteiger partial charge on any atom is -0.269 e. The van der Waals surface area contributed by atoms with Crippen LogP contribution < -0.4 is 0 Å². The van der Waals surface area contributed by atoms with Crippen molar-refractivity contribution in [2.24, 2.45) is 0 Å². The van der Waals surface area contributed by atoms with Crippen LogP contribution in [0.5, 0.6) is 0 Å². The largest absolute Gasteiger partial charge is 2.00 e. The Labute approximate surface area is 233 Å². The fourth-order valence-corrected chi connectivity index (χ4v) is 4.28. The van der Waals surface area contributed by atoms with Gasteiger partial charge in [0.15, 0.2) is 0 Å². The van der Waals surface area contributed by atoms with E-state index in [9.17, 15) is 0 Å². The van der Waals surface area contributed by atoms with Gasteiger partial charge in [0, 0.05) is 0 Å². The van der Waals surface area contributed by atoms with Crippen LogP contribution in [0.15, 0.2) is 96.1 Å².